The first-order valence-electron chi connectivity index (χ1n) is 6.83. The summed E-state index contributed by atoms with van der Waals surface area (Å²) in [4.78, 5) is 17.2. The Hall–Kier alpha value is -1.08. The standard InChI is InChI=1S/C15H18ClN3OS2/c1-21-7-6-13(17)14(20)19-15-18-9-11(22-15)8-10-4-2-3-5-12(10)16/h2-5,9,13H,6-8,17H2,1H3,(H,18,19,20). The molecule has 1 heterocycles. The van der Waals surface area contributed by atoms with E-state index in [9.17, 15) is 4.79 Å². The van der Waals surface area contributed by atoms with Gasteiger partial charge in [-0.15, -0.1) is 11.3 Å². The normalized spacial score (nSPS) is 12.1. The third kappa shape index (κ3) is 4.98. The van der Waals surface area contributed by atoms with Gasteiger partial charge in [0.15, 0.2) is 5.13 Å². The molecule has 4 nitrogen and oxygen atoms in total. The molecule has 0 saturated heterocycles. The first kappa shape index (κ1) is 17.3. The number of thioether (sulfide) groups is 1. The summed E-state index contributed by atoms with van der Waals surface area (Å²) in [6.45, 7) is 0. The van der Waals surface area contributed by atoms with E-state index in [0.717, 1.165) is 21.2 Å². The smallest absolute Gasteiger partial charge is 0.243 e. The van der Waals surface area contributed by atoms with Crippen LogP contribution in [0.5, 0.6) is 0 Å². The average Bonchev–Trinajstić information content (AvgIpc) is 2.94. The zero-order valence-electron chi connectivity index (χ0n) is 12.2. The van der Waals surface area contributed by atoms with Crippen LogP contribution < -0.4 is 11.1 Å². The van der Waals surface area contributed by atoms with E-state index in [0.29, 0.717) is 18.0 Å². The SMILES string of the molecule is CSCCC(N)C(=O)Nc1ncc(Cc2ccccc2Cl)s1. The summed E-state index contributed by atoms with van der Waals surface area (Å²) < 4.78 is 0. The van der Waals surface area contributed by atoms with Crippen LogP contribution in [0.2, 0.25) is 5.02 Å². The number of anilines is 1. The van der Waals surface area contributed by atoms with E-state index >= 15 is 0 Å². The topological polar surface area (TPSA) is 68.0 Å². The maximum absolute atomic E-state index is 11.9. The van der Waals surface area contributed by atoms with E-state index in [-0.39, 0.29) is 5.91 Å². The number of carbonyl (C=O) groups excluding carboxylic acids is 1. The lowest BCUT2D eigenvalue weighted by Gasteiger charge is -2.09. The molecular formula is C15H18ClN3OS2. The highest BCUT2D eigenvalue weighted by Crippen LogP contribution is 2.24. The molecule has 0 aliphatic rings. The number of nitrogens with two attached hydrogens (primary N) is 1. The maximum atomic E-state index is 11.9. The van der Waals surface area contributed by atoms with Crippen LogP contribution in [-0.2, 0) is 11.2 Å². The van der Waals surface area contributed by atoms with Gasteiger partial charge in [0.2, 0.25) is 5.91 Å². The molecule has 0 aliphatic heterocycles. The molecule has 0 aliphatic carbocycles. The molecule has 2 rings (SSSR count). The lowest BCUT2D eigenvalue weighted by molar-refractivity contribution is -0.117. The summed E-state index contributed by atoms with van der Waals surface area (Å²) >= 11 is 9.27. The molecule has 1 unspecified atom stereocenters. The molecule has 1 aromatic carbocycles. The number of hydrogen-bond acceptors (Lipinski definition) is 5. The van der Waals surface area contributed by atoms with Crippen molar-refractivity contribution in [2.45, 2.75) is 18.9 Å². The van der Waals surface area contributed by atoms with E-state index in [1.807, 2.05) is 30.5 Å². The third-order valence-electron chi connectivity index (χ3n) is 3.08. The second-order valence-electron chi connectivity index (χ2n) is 4.78. The number of benzene rings is 1. The minimum atomic E-state index is -0.497. The maximum Gasteiger partial charge on any atom is 0.243 e. The van der Waals surface area contributed by atoms with E-state index in [4.69, 9.17) is 17.3 Å². The van der Waals surface area contributed by atoms with E-state index < -0.39 is 6.04 Å². The van der Waals surface area contributed by atoms with Gasteiger partial charge in [0.25, 0.3) is 0 Å². The van der Waals surface area contributed by atoms with Gasteiger partial charge < -0.3 is 11.1 Å². The Morgan fingerprint density at radius 2 is 2.27 bits per heavy atom. The first-order valence-corrected chi connectivity index (χ1v) is 9.42. The summed E-state index contributed by atoms with van der Waals surface area (Å²) in [6.07, 6.45) is 5.11. The Balaban J connectivity index is 1.94. The van der Waals surface area contributed by atoms with Crippen LogP contribution in [0.4, 0.5) is 5.13 Å². The van der Waals surface area contributed by atoms with Crippen molar-refractivity contribution < 1.29 is 4.79 Å². The molecular weight excluding hydrogens is 338 g/mol. The number of amides is 1. The van der Waals surface area contributed by atoms with Crippen LogP contribution in [-0.4, -0.2) is 28.9 Å². The molecule has 1 amide bonds. The van der Waals surface area contributed by atoms with Crippen LogP contribution in [0.15, 0.2) is 30.5 Å². The van der Waals surface area contributed by atoms with Crippen molar-refractivity contribution in [3.63, 3.8) is 0 Å². The van der Waals surface area contributed by atoms with Gasteiger partial charge in [-0.2, -0.15) is 11.8 Å². The highest BCUT2D eigenvalue weighted by molar-refractivity contribution is 7.98. The zero-order chi connectivity index (χ0) is 15.9. The number of hydrogen-bond donors (Lipinski definition) is 2. The number of nitrogens with zero attached hydrogens (tertiary/aromatic N) is 1. The molecule has 0 spiro atoms. The van der Waals surface area contributed by atoms with Crippen LogP contribution in [0, 0.1) is 0 Å². The number of aromatic nitrogens is 1. The Labute approximate surface area is 143 Å². The Kier molecular flexibility index (Phi) is 6.70. The first-order chi connectivity index (χ1) is 10.6. The summed E-state index contributed by atoms with van der Waals surface area (Å²) in [6, 6.07) is 7.21. The highest BCUT2D eigenvalue weighted by atomic mass is 35.5. The fraction of sp³-hybridized carbons (Fsp3) is 0.333. The van der Waals surface area contributed by atoms with Gasteiger partial charge >= 0.3 is 0 Å². The summed E-state index contributed by atoms with van der Waals surface area (Å²) in [5, 5.41) is 4.08. The fourth-order valence-electron chi connectivity index (χ4n) is 1.85. The van der Waals surface area contributed by atoms with Crippen molar-refractivity contribution in [2.75, 3.05) is 17.3 Å². The molecule has 3 N–H and O–H groups in total. The molecule has 118 valence electrons. The van der Waals surface area contributed by atoms with Crippen molar-refractivity contribution in [1.29, 1.82) is 0 Å². The molecule has 7 heteroatoms. The third-order valence-corrected chi connectivity index (χ3v) is 5.00. The predicted molar refractivity (Wildman–Crippen MR) is 96.0 cm³/mol. The van der Waals surface area contributed by atoms with Crippen molar-refractivity contribution in [1.82, 2.24) is 4.98 Å². The molecule has 1 atom stereocenters. The predicted octanol–water partition coefficient (Wildman–Crippen LogP) is 3.41. The zero-order valence-corrected chi connectivity index (χ0v) is 14.6. The van der Waals surface area contributed by atoms with Crippen molar-refractivity contribution in [2.24, 2.45) is 5.73 Å². The quantitative estimate of drug-likeness (QED) is 0.798. The Morgan fingerprint density at radius 1 is 1.50 bits per heavy atom. The largest absolute Gasteiger partial charge is 0.320 e. The molecule has 1 aromatic heterocycles. The molecule has 0 fully saturated rings. The van der Waals surface area contributed by atoms with Crippen LogP contribution in [0.3, 0.4) is 0 Å². The van der Waals surface area contributed by atoms with Gasteiger partial charge in [-0.25, -0.2) is 4.98 Å². The van der Waals surface area contributed by atoms with Gasteiger partial charge in [-0.05, 0) is 30.1 Å². The lowest BCUT2D eigenvalue weighted by atomic mass is 10.1. The fourth-order valence-corrected chi connectivity index (χ4v) is 3.38. The second-order valence-corrected chi connectivity index (χ2v) is 7.29. The van der Waals surface area contributed by atoms with Crippen molar-refractivity contribution in [3.8, 4) is 0 Å². The van der Waals surface area contributed by atoms with Crippen LogP contribution in [0.1, 0.15) is 16.9 Å². The minimum absolute atomic E-state index is 0.187. The second kappa shape index (κ2) is 8.53. The number of halogens is 1. The van der Waals surface area contributed by atoms with E-state index in [1.54, 1.807) is 18.0 Å². The Morgan fingerprint density at radius 3 is 3.00 bits per heavy atom. The molecule has 0 bridgehead atoms. The van der Waals surface area contributed by atoms with Crippen molar-refractivity contribution in [3.05, 3.63) is 45.9 Å². The monoisotopic (exact) mass is 355 g/mol. The van der Waals surface area contributed by atoms with Crippen molar-refractivity contribution >= 4 is 45.7 Å². The van der Waals surface area contributed by atoms with Gasteiger partial charge in [-0.3, -0.25) is 4.79 Å². The van der Waals surface area contributed by atoms with Gasteiger partial charge in [0.05, 0.1) is 6.04 Å². The molecule has 0 saturated carbocycles. The lowest BCUT2D eigenvalue weighted by Crippen LogP contribution is -2.36. The molecule has 22 heavy (non-hydrogen) atoms. The van der Waals surface area contributed by atoms with Gasteiger partial charge in [0, 0.05) is 22.5 Å². The van der Waals surface area contributed by atoms with Crippen LogP contribution in [0.25, 0.3) is 0 Å². The van der Waals surface area contributed by atoms with Crippen LogP contribution >= 0.6 is 34.7 Å². The van der Waals surface area contributed by atoms with E-state index in [1.165, 1.54) is 11.3 Å². The number of rotatable bonds is 7. The molecule has 2 aromatic rings. The Bertz CT molecular complexity index is 633. The number of thiazole rings is 1. The summed E-state index contributed by atoms with van der Waals surface area (Å²) in [5.41, 5.74) is 6.88. The summed E-state index contributed by atoms with van der Waals surface area (Å²) in [5.74, 6) is 0.678. The number of nitrogens with one attached hydrogen (secondary N) is 1. The number of carbonyl (C=O) groups is 1. The highest BCUT2D eigenvalue weighted by Gasteiger charge is 2.15. The van der Waals surface area contributed by atoms with Gasteiger partial charge in [0.1, 0.15) is 0 Å². The molecule has 0 radical (unpaired) electrons. The minimum Gasteiger partial charge on any atom is -0.320 e. The van der Waals surface area contributed by atoms with E-state index in [2.05, 4.69) is 10.3 Å². The van der Waals surface area contributed by atoms with Gasteiger partial charge in [-0.1, -0.05) is 29.8 Å². The average molecular weight is 356 g/mol. The summed E-state index contributed by atoms with van der Waals surface area (Å²) in [7, 11) is 0.